The van der Waals surface area contributed by atoms with Crippen LogP contribution in [0.25, 0.3) is 0 Å². The fraction of sp³-hybridized carbons (Fsp3) is 0.571. The lowest BCUT2D eigenvalue weighted by atomic mass is 9.96. The van der Waals surface area contributed by atoms with Gasteiger partial charge in [0.05, 0.1) is 25.6 Å². The standard InChI is InChI=1S/C28H40N4O6S2/c1-19-16-32(20(2)18-33)26(34)15-21-14-23(30-40(36,37)27-10-7-13-39-27)11-12-24(21)38-25(19)17-31(3)28(35)29-22-8-5-4-6-9-22/h7,10-14,19-20,22,25,30,33H,4-6,8-9,15-18H2,1-3H3,(H,29,35)/t19-,20+,25-/m0/s1. The number of anilines is 1. The Labute approximate surface area is 240 Å². The van der Waals surface area contributed by atoms with Crippen LogP contribution in [-0.4, -0.2) is 80.2 Å². The third-order valence-corrected chi connectivity index (χ3v) is 10.4. The first-order chi connectivity index (χ1) is 19.1. The summed E-state index contributed by atoms with van der Waals surface area (Å²) in [6, 6.07) is 7.70. The summed E-state index contributed by atoms with van der Waals surface area (Å²) in [7, 11) is -2.03. The maximum absolute atomic E-state index is 13.4. The number of benzene rings is 1. The van der Waals surface area contributed by atoms with Gasteiger partial charge in [-0.25, -0.2) is 13.2 Å². The van der Waals surface area contributed by atoms with Gasteiger partial charge in [0.2, 0.25) is 5.91 Å². The Bertz CT molecular complexity index is 1260. The summed E-state index contributed by atoms with van der Waals surface area (Å²) in [6.07, 6.45) is 4.93. The summed E-state index contributed by atoms with van der Waals surface area (Å²) in [5.74, 6) is 0.107. The minimum atomic E-state index is -3.77. The highest BCUT2D eigenvalue weighted by Gasteiger charge is 2.32. The Kier molecular flexibility index (Phi) is 9.96. The molecule has 40 heavy (non-hydrogen) atoms. The number of aliphatic hydroxyl groups excluding tert-OH is 1. The number of ether oxygens (including phenoxy) is 1. The zero-order valence-electron chi connectivity index (χ0n) is 23.3. The van der Waals surface area contributed by atoms with Gasteiger partial charge < -0.3 is 25.0 Å². The van der Waals surface area contributed by atoms with Gasteiger partial charge in [0.25, 0.3) is 10.0 Å². The highest BCUT2D eigenvalue weighted by Crippen LogP contribution is 2.30. The van der Waals surface area contributed by atoms with E-state index < -0.39 is 22.2 Å². The van der Waals surface area contributed by atoms with Crippen LogP contribution < -0.4 is 14.8 Å². The zero-order valence-corrected chi connectivity index (χ0v) is 25.0. The lowest BCUT2D eigenvalue weighted by molar-refractivity contribution is -0.134. The van der Waals surface area contributed by atoms with Gasteiger partial charge in [-0.1, -0.05) is 32.3 Å². The van der Waals surface area contributed by atoms with E-state index >= 15 is 0 Å². The van der Waals surface area contributed by atoms with Gasteiger partial charge in [0, 0.05) is 36.8 Å². The average Bonchev–Trinajstić information content (AvgIpc) is 3.49. The van der Waals surface area contributed by atoms with E-state index in [0.29, 0.717) is 30.1 Å². The summed E-state index contributed by atoms with van der Waals surface area (Å²) >= 11 is 1.12. The van der Waals surface area contributed by atoms with Crippen LogP contribution in [0.5, 0.6) is 5.75 Å². The molecule has 2 aliphatic rings. The zero-order chi connectivity index (χ0) is 28.9. The van der Waals surface area contributed by atoms with Crippen LogP contribution in [0.1, 0.15) is 51.5 Å². The highest BCUT2D eigenvalue weighted by atomic mass is 32.2. The fourth-order valence-electron chi connectivity index (χ4n) is 5.22. The summed E-state index contributed by atoms with van der Waals surface area (Å²) in [5.41, 5.74) is 0.845. The van der Waals surface area contributed by atoms with E-state index in [2.05, 4.69) is 10.0 Å². The number of aliphatic hydroxyl groups is 1. The molecule has 1 aromatic heterocycles. The number of rotatable bonds is 8. The second-order valence-electron chi connectivity index (χ2n) is 10.9. The third kappa shape index (κ3) is 7.46. The van der Waals surface area contributed by atoms with Crippen molar-refractivity contribution in [3.63, 3.8) is 0 Å². The molecular formula is C28H40N4O6S2. The molecule has 0 spiro atoms. The number of nitrogens with one attached hydrogen (secondary N) is 2. The SMILES string of the molecule is C[C@H](CO)N1C[C@H](C)[C@H](CN(C)C(=O)NC2CCCCC2)Oc2ccc(NS(=O)(=O)c3cccs3)cc2CC1=O. The molecule has 4 rings (SSSR count). The first kappa shape index (κ1) is 30.1. The lowest BCUT2D eigenvalue weighted by Gasteiger charge is -2.34. The van der Waals surface area contributed by atoms with E-state index in [9.17, 15) is 23.1 Å². The van der Waals surface area contributed by atoms with Gasteiger partial charge in [-0.05, 0) is 49.4 Å². The largest absolute Gasteiger partial charge is 0.488 e. The molecule has 1 fully saturated rings. The van der Waals surface area contributed by atoms with E-state index in [1.807, 2.05) is 6.92 Å². The minimum absolute atomic E-state index is 0.0221. The number of thiophene rings is 1. The molecule has 1 aliphatic carbocycles. The van der Waals surface area contributed by atoms with Crippen molar-refractivity contribution in [1.82, 2.24) is 15.1 Å². The number of sulfonamides is 1. The number of carbonyl (C=O) groups is 2. The Morgan fingerprint density at radius 1 is 1.25 bits per heavy atom. The molecule has 220 valence electrons. The normalized spacial score (nSPS) is 21.3. The summed E-state index contributed by atoms with van der Waals surface area (Å²) in [4.78, 5) is 29.7. The molecule has 0 unspecified atom stereocenters. The summed E-state index contributed by atoms with van der Waals surface area (Å²) in [6.45, 7) is 4.20. The first-order valence-electron chi connectivity index (χ1n) is 13.8. The van der Waals surface area contributed by atoms with E-state index in [0.717, 1.165) is 37.0 Å². The van der Waals surface area contributed by atoms with E-state index in [1.54, 1.807) is 53.4 Å². The van der Waals surface area contributed by atoms with Crippen LogP contribution in [0.3, 0.4) is 0 Å². The van der Waals surface area contributed by atoms with Crippen molar-refractivity contribution in [2.24, 2.45) is 5.92 Å². The second-order valence-corrected chi connectivity index (χ2v) is 13.8. The molecule has 3 atom stereocenters. The van der Waals surface area contributed by atoms with Gasteiger partial charge in [-0.3, -0.25) is 9.52 Å². The number of urea groups is 1. The average molecular weight is 593 g/mol. The Morgan fingerprint density at radius 2 is 2.00 bits per heavy atom. The summed E-state index contributed by atoms with van der Waals surface area (Å²) < 4.78 is 34.8. The molecule has 1 aromatic carbocycles. The van der Waals surface area contributed by atoms with E-state index in [4.69, 9.17) is 4.74 Å². The molecule has 1 saturated carbocycles. The minimum Gasteiger partial charge on any atom is -0.488 e. The predicted octanol–water partition coefficient (Wildman–Crippen LogP) is 3.67. The number of hydrogen-bond acceptors (Lipinski definition) is 7. The molecular weight excluding hydrogens is 552 g/mol. The molecule has 0 bridgehead atoms. The van der Waals surface area contributed by atoms with Crippen molar-refractivity contribution in [3.05, 3.63) is 41.3 Å². The number of carbonyl (C=O) groups excluding carboxylic acids is 2. The van der Waals surface area contributed by atoms with Gasteiger partial charge in [0.1, 0.15) is 16.1 Å². The van der Waals surface area contributed by atoms with Crippen LogP contribution >= 0.6 is 11.3 Å². The van der Waals surface area contributed by atoms with Crippen LogP contribution in [0.2, 0.25) is 0 Å². The second kappa shape index (κ2) is 13.2. The molecule has 0 saturated heterocycles. The van der Waals surface area contributed by atoms with Crippen molar-refractivity contribution in [2.45, 2.75) is 74.8 Å². The van der Waals surface area contributed by atoms with Crippen LogP contribution in [-0.2, 0) is 21.2 Å². The third-order valence-electron chi connectivity index (χ3n) is 7.66. The highest BCUT2D eigenvalue weighted by molar-refractivity contribution is 7.94. The number of likely N-dealkylation sites (N-methyl/N-ethyl adjacent to an activating group) is 1. The fourth-order valence-corrected chi connectivity index (χ4v) is 7.26. The molecule has 2 heterocycles. The Morgan fingerprint density at radius 3 is 2.67 bits per heavy atom. The summed E-state index contributed by atoms with van der Waals surface area (Å²) in [5, 5.41) is 14.7. The number of amides is 3. The van der Waals surface area contributed by atoms with Gasteiger partial charge in [-0.2, -0.15) is 0 Å². The maximum Gasteiger partial charge on any atom is 0.317 e. The van der Waals surface area contributed by atoms with Gasteiger partial charge in [-0.15, -0.1) is 11.3 Å². The van der Waals surface area contributed by atoms with Crippen molar-refractivity contribution < 1.29 is 27.9 Å². The van der Waals surface area contributed by atoms with E-state index in [1.165, 1.54) is 12.5 Å². The molecule has 12 heteroatoms. The molecule has 1 aliphatic heterocycles. The number of nitrogens with zero attached hydrogens (tertiary/aromatic N) is 2. The van der Waals surface area contributed by atoms with Crippen molar-refractivity contribution in [2.75, 3.05) is 31.5 Å². The van der Waals surface area contributed by atoms with E-state index in [-0.39, 0.29) is 41.1 Å². The molecule has 3 N–H and O–H groups in total. The van der Waals surface area contributed by atoms with Gasteiger partial charge >= 0.3 is 6.03 Å². The molecule has 0 radical (unpaired) electrons. The smallest absolute Gasteiger partial charge is 0.317 e. The lowest BCUT2D eigenvalue weighted by Crippen LogP contribution is -2.50. The Hall–Kier alpha value is -2.83. The predicted molar refractivity (Wildman–Crippen MR) is 155 cm³/mol. The van der Waals surface area contributed by atoms with Gasteiger partial charge in [0.15, 0.2) is 0 Å². The maximum atomic E-state index is 13.4. The Balaban J connectivity index is 1.58. The molecule has 2 aromatic rings. The molecule has 10 nitrogen and oxygen atoms in total. The number of fused-ring (bicyclic) bond motifs is 1. The van der Waals surface area contributed by atoms with Crippen LogP contribution in [0, 0.1) is 5.92 Å². The quantitative estimate of drug-likeness (QED) is 0.429. The van der Waals surface area contributed by atoms with Crippen molar-refractivity contribution >= 4 is 39.0 Å². The number of hydrogen-bond donors (Lipinski definition) is 3. The monoisotopic (exact) mass is 592 g/mol. The van der Waals surface area contributed by atoms with Crippen LogP contribution in [0.15, 0.2) is 39.9 Å². The van der Waals surface area contributed by atoms with Crippen LogP contribution in [0.4, 0.5) is 10.5 Å². The molecule has 3 amide bonds. The topological polar surface area (TPSA) is 128 Å². The first-order valence-corrected chi connectivity index (χ1v) is 16.2. The van der Waals surface area contributed by atoms with Crippen molar-refractivity contribution in [1.29, 1.82) is 0 Å². The van der Waals surface area contributed by atoms with Crippen molar-refractivity contribution in [3.8, 4) is 5.75 Å².